The first-order valence-corrected chi connectivity index (χ1v) is 3.83. The minimum Gasteiger partial charge on any atom is -0.398 e. The lowest BCUT2D eigenvalue weighted by Crippen LogP contribution is -2.38. The van der Waals surface area contributed by atoms with Crippen molar-refractivity contribution in [2.75, 3.05) is 6.61 Å². The van der Waals surface area contributed by atoms with E-state index in [1.807, 2.05) is 0 Å². The van der Waals surface area contributed by atoms with Crippen LogP contribution in [0.3, 0.4) is 0 Å². The lowest BCUT2D eigenvalue weighted by atomic mass is 10.3. The zero-order valence-corrected chi connectivity index (χ0v) is 6.86. The molecule has 74 valence electrons. The molecule has 0 radical (unpaired) electrons. The summed E-state index contributed by atoms with van der Waals surface area (Å²) in [5, 5.41) is 17.9. The quantitative estimate of drug-likeness (QED) is 0.536. The zero-order chi connectivity index (χ0) is 9.90. The predicted octanol–water partition coefficient (Wildman–Crippen LogP) is -1.10. The third-order valence-electron chi connectivity index (χ3n) is 1.51. The number of cyclic esters (lactones) is 2. The van der Waals surface area contributed by atoms with Crippen LogP contribution in [0.15, 0.2) is 0 Å². The zero-order valence-electron chi connectivity index (χ0n) is 6.86. The van der Waals surface area contributed by atoms with E-state index in [4.69, 9.17) is 5.11 Å². The molecule has 2 N–H and O–H groups in total. The maximum absolute atomic E-state index is 10.8. The molecule has 13 heavy (non-hydrogen) atoms. The van der Waals surface area contributed by atoms with Crippen molar-refractivity contribution in [1.29, 1.82) is 0 Å². The first-order chi connectivity index (χ1) is 6.06. The van der Waals surface area contributed by atoms with Gasteiger partial charge in [-0.05, 0) is 0 Å². The summed E-state index contributed by atoms with van der Waals surface area (Å²) in [7, 11) is 0. The second kappa shape index (κ2) is 3.71. The standard InChI is InChI=1S/C7H10O6/c8-4-3-7(11)12-5(9)1-2-6(10)13-7/h8,11H,1-4H2. The van der Waals surface area contributed by atoms with Gasteiger partial charge in [0.15, 0.2) is 0 Å². The van der Waals surface area contributed by atoms with E-state index in [9.17, 15) is 14.7 Å². The molecule has 1 rings (SSSR count). The molecule has 6 heteroatoms. The molecule has 1 saturated heterocycles. The van der Waals surface area contributed by atoms with Gasteiger partial charge in [0.1, 0.15) is 0 Å². The summed E-state index contributed by atoms with van der Waals surface area (Å²) < 4.78 is 8.85. The van der Waals surface area contributed by atoms with E-state index in [-0.39, 0.29) is 19.3 Å². The summed E-state index contributed by atoms with van der Waals surface area (Å²) >= 11 is 0. The number of rotatable bonds is 2. The highest BCUT2D eigenvalue weighted by atomic mass is 16.8. The van der Waals surface area contributed by atoms with Crippen LogP contribution in [0, 0.1) is 0 Å². The Morgan fingerprint density at radius 1 is 1.23 bits per heavy atom. The largest absolute Gasteiger partial charge is 0.398 e. The number of aliphatic hydroxyl groups is 2. The van der Waals surface area contributed by atoms with Gasteiger partial charge < -0.3 is 19.7 Å². The molecule has 0 saturated carbocycles. The molecule has 0 aromatic heterocycles. The third kappa shape index (κ3) is 2.67. The number of carbonyl (C=O) groups is 2. The molecule has 0 spiro atoms. The van der Waals surface area contributed by atoms with Crippen molar-refractivity contribution < 1.29 is 29.3 Å². The normalized spacial score (nSPS) is 21.7. The highest BCUT2D eigenvalue weighted by Gasteiger charge is 2.38. The summed E-state index contributed by atoms with van der Waals surface area (Å²) in [5.41, 5.74) is 0. The van der Waals surface area contributed by atoms with E-state index in [2.05, 4.69) is 9.47 Å². The van der Waals surface area contributed by atoms with Gasteiger partial charge in [0.2, 0.25) is 0 Å². The molecule has 1 heterocycles. The smallest absolute Gasteiger partial charge is 0.375 e. The molecule has 0 unspecified atom stereocenters. The summed E-state index contributed by atoms with van der Waals surface area (Å²) in [5.74, 6) is -3.73. The van der Waals surface area contributed by atoms with Gasteiger partial charge in [-0.3, -0.25) is 9.59 Å². The molecule has 6 nitrogen and oxygen atoms in total. The second-order valence-corrected chi connectivity index (χ2v) is 2.63. The summed E-state index contributed by atoms with van der Waals surface area (Å²) in [4.78, 5) is 21.6. The summed E-state index contributed by atoms with van der Waals surface area (Å²) in [6.45, 7) is -0.447. The molecule has 0 amide bonds. The fraction of sp³-hybridized carbons (Fsp3) is 0.714. The maximum atomic E-state index is 10.8. The van der Waals surface area contributed by atoms with E-state index in [1.54, 1.807) is 0 Å². The molecule has 1 aliphatic rings. The van der Waals surface area contributed by atoms with Crippen molar-refractivity contribution in [1.82, 2.24) is 0 Å². The number of esters is 2. The summed E-state index contributed by atoms with van der Waals surface area (Å²) in [6.07, 6.45) is -0.580. The Bertz CT molecular complexity index is 205. The van der Waals surface area contributed by atoms with Crippen molar-refractivity contribution in [2.45, 2.75) is 25.2 Å². The Morgan fingerprint density at radius 3 is 2.08 bits per heavy atom. The average molecular weight is 190 g/mol. The van der Waals surface area contributed by atoms with Crippen LogP contribution >= 0.6 is 0 Å². The summed E-state index contributed by atoms with van der Waals surface area (Å²) in [6, 6.07) is 0. The van der Waals surface area contributed by atoms with E-state index >= 15 is 0 Å². The Balaban J connectivity index is 2.70. The first kappa shape index (κ1) is 9.94. The number of hydrogen-bond acceptors (Lipinski definition) is 6. The van der Waals surface area contributed by atoms with Crippen LogP contribution in [-0.4, -0.2) is 34.7 Å². The Hall–Kier alpha value is -1.14. The van der Waals surface area contributed by atoms with Crippen molar-refractivity contribution in [3.63, 3.8) is 0 Å². The fourth-order valence-corrected chi connectivity index (χ4v) is 0.926. The average Bonchev–Trinajstić information content (AvgIpc) is 2.10. The van der Waals surface area contributed by atoms with Crippen molar-refractivity contribution >= 4 is 11.9 Å². The number of hydrogen-bond donors (Lipinski definition) is 2. The molecule has 1 fully saturated rings. The molecule has 0 bridgehead atoms. The second-order valence-electron chi connectivity index (χ2n) is 2.63. The lowest BCUT2D eigenvalue weighted by molar-refractivity contribution is -0.325. The molecular weight excluding hydrogens is 180 g/mol. The Morgan fingerprint density at radius 2 is 1.69 bits per heavy atom. The van der Waals surface area contributed by atoms with Gasteiger partial charge >= 0.3 is 17.9 Å². The molecule has 1 aliphatic heterocycles. The van der Waals surface area contributed by atoms with Gasteiger partial charge in [-0.15, -0.1) is 0 Å². The topological polar surface area (TPSA) is 93.1 Å². The predicted molar refractivity (Wildman–Crippen MR) is 38.1 cm³/mol. The number of aliphatic hydroxyl groups excluding tert-OH is 1. The van der Waals surface area contributed by atoms with Crippen LogP contribution in [0.2, 0.25) is 0 Å². The minimum atomic E-state index is -2.29. The van der Waals surface area contributed by atoms with Crippen molar-refractivity contribution in [3.05, 3.63) is 0 Å². The number of carbonyl (C=O) groups excluding carboxylic acids is 2. The van der Waals surface area contributed by atoms with Gasteiger partial charge in [0, 0.05) is 0 Å². The van der Waals surface area contributed by atoms with Crippen molar-refractivity contribution in [3.8, 4) is 0 Å². The van der Waals surface area contributed by atoms with Gasteiger partial charge in [-0.2, -0.15) is 0 Å². The van der Waals surface area contributed by atoms with E-state index in [0.717, 1.165) is 0 Å². The molecular formula is C7H10O6. The Kier molecular flexibility index (Phi) is 2.84. The van der Waals surface area contributed by atoms with Gasteiger partial charge in [0.25, 0.3) is 0 Å². The van der Waals surface area contributed by atoms with E-state index in [1.165, 1.54) is 0 Å². The molecule has 0 aliphatic carbocycles. The molecule has 0 atom stereocenters. The third-order valence-corrected chi connectivity index (χ3v) is 1.51. The van der Waals surface area contributed by atoms with Gasteiger partial charge in [-0.1, -0.05) is 0 Å². The van der Waals surface area contributed by atoms with Crippen LogP contribution in [0.4, 0.5) is 0 Å². The lowest BCUT2D eigenvalue weighted by Gasteiger charge is -2.23. The van der Waals surface area contributed by atoms with Gasteiger partial charge in [-0.25, -0.2) is 0 Å². The molecule has 0 aromatic carbocycles. The molecule has 0 aromatic rings. The van der Waals surface area contributed by atoms with E-state index < -0.39 is 24.5 Å². The highest BCUT2D eigenvalue weighted by Crippen LogP contribution is 2.20. The maximum Gasteiger partial charge on any atom is 0.375 e. The monoisotopic (exact) mass is 190 g/mol. The SMILES string of the molecule is O=C1CCC(=O)OC(O)(CCO)O1. The van der Waals surface area contributed by atoms with Crippen LogP contribution in [0.1, 0.15) is 19.3 Å². The Labute approximate surface area is 74.1 Å². The van der Waals surface area contributed by atoms with Crippen LogP contribution in [0.25, 0.3) is 0 Å². The van der Waals surface area contributed by atoms with Crippen molar-refractivity contribution in [2.24, 2.45) is 0 Å². The number of ether oxygens (including phenoxy) is 2. The van der Waals surface area contributed by atoms with E-state index in [0.29, 0.717) is 0 Å². The van der Waals surface area contributed by atoms with Crippen LogP contribution in [0.5, 0.6) is 0 Å². The van der Waals surface area contributed by atoms with Gasteiger partial charge in [0.05, 0.1) is 25.9 Å². The van der Waals surface area contributed by atoms with Crippen LogP contribution < -0.4 is 0 Å². The van der Waals surface area contributed by atoms with Crippen LogP contribution in [-0.2, 0) is 19.1 Å². The first-order valence-electron chi connectivity index (χ1n) is 3.83. The fourth-order valence-electron chi connectivity index (χ4n) is 0.926. The highest BCUT2D eigenvalue weighted by molar-refractivity contribution is 5.79. The minimum absolute atomic E-state index is 0.118.